The molecule has 20 heavy (non-hydrogen) atoms. The van der Waals surface area contributed by atoms with Crippen molar-refractivity contribution in [3.63, 3.8) is 0 Å². The number of non-ortho nitro benzene ring substituents is 1. The van der Waals surface area contributed by atoms with Gasteiger partial charge in [-0.2, -0.15) is 0 Å². The van der Waals surface area contributed by atoms with E-state index in [1.807, 2.05) is 0 Å². The molecule has 2 N–H and O–H groups in total. The van der Waals surface area contributed by atoms with Gasteiger partial charge in [0.15, 0.2) is 6.04 Å². The minimum atomic E-state index is -1.28. The smallest absolute Gasteiger partial charge is 0.328 e. The molecule has 0 saturated carbocycles. The number of methoxy groups -OCH3 is 1. The Kier molecular flexibility index (Phi) is 5.42. The Hall–Kier alpha value is -2.19. The standard InChI is InChI=1S/C11H11ClN2O6/c1-20-5-9(11(16)17)13-10(15)6-2-7(12)4-8(3-6)14(18)19/h2-4,9H,5H2,1H3,(H,13,15)(H,16,17). The Morgan fingerprint density at radius 3 is 2.65 bits per heavy atom. The molecule has 0 saturated heterocycles. The molecule has 1 rings (SSSR count). The molecule has 9 heteroatoms. The van der Waals surface area contributed by atoms with Crippen LogP contribution in [0.2, 0.25) is 5.02 Å². The predicted octanol–water partition coefficient (Wildman–Crippen LogP) is 1.08. The summed E-state index contributed by atoms with van der Waals surface area (Å²) in [4.78, 5) is 32.7. The highest BCUT2D eigenvalue weighted by molar-refractivity contribution is 6.31. The Labute approximate surface area is 118 Å². The average molecular weight is 303 g/mol. The lowest BCUT2D eigenvalue weighted by atomic mass is 10.1. The van der Waals surface area contributed by atoms with Crippen molar-refractivity contribution in [1.29, 1.82) is 0 Å². The van der Waals surface area contributed by atoms with Gasteiger partial charge in [-0.15, -0.1) is 0 Å². The molecule has 0 aliphatic carbocycles. The number of carboxylic acid groups (broad SMARTS) is 1. The van der Waals surface area contributed by atoms with Gasteiger partial charge in [-0.05, 0) is 6.07 Å². The van der Waals surface area contributed by atoms with Crippen LogP contribution in [-0.2, 0) is 9.53 Å². The number of hydrogen-bond donors (Lipinski definition) is 2. The summed E-state index contributed by atoms with van der Waals surface area (Å²) in [5.74, 6) is -2.07. The van der Waals surface area contributed by atoms with Crippen LogP contribution in [0.3, 0.4) is 0 Å². The summed E-state index contributed by atoms with van der Waals surface area (Å²) in [5, 5.41) is 21.7. The lowest BCUT2D eigenvalue weighted by molar-refractivity contribution is -0.384. The molecule has 108 valence electrons. The Bertz CT molecular complexity index is 548. The van der Waals surface area contributed by atoms with Crippen LogP contribution in [0.15, 0.2) is 18.2 Å². The highest BCUT2D eigenvalue weighted by Gasteiger charge is 2.22. The summed E-state index contributed by atoms with van der Waals surface area (Å²) in [6.07, 6.45) is 0. The van der Waals surface area contributed by atoms with Crippen molar-refractivity contribution in [3.8, 4) is 0 Å². The van der Waals surface area contributed by atoms with Crippen LogP contribution in [0.25, 0.3) is 0 Å². The van der Waals surface area contributed by atoms with Crippen LogP contribution in [-0.4, -0.2) is 41.7 Å². The third-order valence-electron chi connectivity index (χ3n) is 2.29. The van der Waals surface area contributed by atoms with Crippen LogP contribution < -0.4 is 5.32 Å². The maximum absolute atomic E-state index is 11.9. The summed E-state index contributed by atoms with van der Waals surface area (Å²) in [6, 6.07) is 2.04. The van der Waals surface area contributed by atoms with E-state index in [1.54, 1.807) is 0 Å². The van der Waals surface area contributed by atoms with E-state index < -0.39 is 22.8 Å². The number of aliphatic carboxylic acids is 1. The fraction of sp³-hybridized carbons (Fsp3) is 0.273. The van der Waals surface area contributed by atoms with Gasteiger partial charge in [-0.25, -0.2) is 4.79 Å². The van der Waals surface area contributed by atoms with Gasteiger partial charge in [0.05, 0.1) is 11.5 Å². The number of carbonyl (C=O) groups is 2. The second kappa shape index (κ2) is 6.83. The minimum Gasteiger partial charge on any atom is -0.480 e. The van der Waals surface area contributed by atoms with E-state index in [0.717, 1.165) is 12.1 Å². The second-order valence-electron chi connectivity index (χ2n) is 3.77. The van der Waals surface area contributed by atoms with Crippen molar-refractivity contribution in [3.05, 3.63) is 38.9 Å². The maximum Gasteiger partial charge on any atom is 0.328 e. The molecule has 1 aromatic carbocycles. The van der Waals surface area contributed by atoms with Gasteiger partial charge in [0.25, 0.3) is 11.6 Å². The molecular weight excluding hydrogens is 292 g/mol. The number of halogens is 1. The lowest BCUT2D eigenvalue weighted by Gasteiger charge is -2.13. The summed E-state index contributed by atoms with van der Waals surface area (Å²) in [7, 11) is 1.28. The molecule has 1 amide bonds. The Balaban J connectivity index is 2.97. The minimum absolute atomic E-state index is 0.00275. The molecule has 1 unspecified atom stereocenters. The average Bonchev–Trinajstić information content (AvgIpc) is 2.37. The molecule has 0 aliphatic rings. The summed E-state index contributed by atoms with van der Waals surface area (Å²) in [6.45, 7) is -0.232. The molecule has 1 aromatic rings. The number of rotatable bonds is 6. The molecular formula is C11H11ClN2O6. The highest BCUT2D eigenvalue weighted by atomic mass is 35.5. The van der Waals surface area contributed by atoms with Gasteiger partial charge in [-0.3, -0.25) is 14.9 Å². The molecule has 0 aliphatic heterocycles. The molecule has 0 fully saturated rings. The van der Waals surface area contributed by atoms with E-state index in [2.05, 4.69) is 10.1 Å². The molecule has 1 atom stereocenters. The maximum atomic E-state index is 11.9. The normalized spacial score (nSPS) is 11.7. The van der Waals surface area contributed by atoms with Gasteiger partial charge < -0.3 is 15.2 Å². The molecule has 0 heterocycles. The van der Waals surface area contributed by atoms with Crippen LogP contribution in [0, 0.1) is 10.1 Å². The topological polar surface area (TPSA) is 119 Å². The van der Waals surface area contributed by atoms with Crippen molar-refractivity contribution < 1.29 is 24.4 Å². The van der Waals surface area contributed by atoms with E-state index in [-0.39, 0.29) is 22.9 Å². The van der Waals surface area contributed by atoms with Gasteiger partial charge in [0, 0.05) is 29.8 Å². The van der Waals surface area contributed by atoms with Crippen molar-refractivity contribution in [2.45, 2.75) is 6.04 Å². The first kappa shape index (κ1) is 15.9. The van der Waals surface area contributed by atoms with Gasteiger partial charge in [-0.1, -0.05) is 11.6 Å². The highest BCUT2D eigenvalue weighted by Crippen LogP contribution is 2.20. The van der Waals surface area contributed by atoms with E-state index in [1.165, 1.54) is 13.2 Å². The first-order valence-electron chi connectivity index (χ1n) is 5.32. The molecule has 0 spiro atoms. The van der Waals surface area contributed by atoms with Crippen molar-refractivity contribution >= 4 is 29.2 Å². The van der Waals surface area contributed by atoms with Crippen molar-refractivity contribution in [1.82, 2.24) is 5.32 Å². The largest absolute Gasteiger partial charge is 0.480 e. The SMILES string of the molecule is COCC(NC(=O)c1cc(Cl)cc([N+](=O)[O-])c1)C(=O)O. The molecule has 0 bridgehead atoms. The molecule has 8 nitrogen and oxygen atoms in total. The number of nitro benzene ring substituents is 1. The van der Waals surface area contributed by atoms with Crippen LogP contribution in [0.5, 0.6) is 0 Å². The number of nitrogens with one attached hydrogen (secondary N) is 1. The monoisotopic (exact) mass is 302 g/mol. The van der Waals surface area contributed by atoms with Gasteiger partial charge in [0.2, 0.25) is 0 Å². The van der Waals surface area contributed by atoms with Gasteiger partial charge in [0.1, 0.15) is 0 Å². The Morgan fingerprint density at radius 2 is 2.15 bits per heavy atom. The number of amides is 1. The van der Waals surface area contributed by atoms with E-state index >= 15 is 0 Å². The number of hydrogen-bond acceptors (Lipinski definition) is 5. The summed E-state index contributed by atoms with van der Waals surface area (Å²) in [5.41, 5.74) is -0.465. The first-order valence-corrected chi connectivity index (χ1v) is 5.70. The number of ether oxygens (including phenoxy) is 1. The molecule has 0 aromatic heterocycles. The number of benzene rings is 1. The fourth-order valence-electron chi connectivity index (χ4n) is 1.39. The molecule has 0 radical (unpaired) electrons. The lowest BCUT2D eigenvalue weighted by Crippen LogP contribution is -2.43. The summed E-state index contributed by atoms with van der Waals surface area (Å²) < 4.78 is 4.66. The zero-order chi connectivity index (χ0) is 15.3. The zero-order valence-electron chi connectivity index (χ0n) is 10.3. The number of nitro groups is 1. The van der Waals surface area contributed by atoms with Crippen molar-refractivity contribution in [2.75, 3.05) is 13.7 Å². The van der Waals surface area contributed by atoms with Crippen LogP contribution in [0.1, 0.15) is 10.4 Å². The number of carbonyl (C=O) groups excluding carboxylic acids is 1. The van der Waals surface area contributed by atoms with E-state index in [0.29, 0.717) is 0 Å². The third-order valence-corrected chi connectivity index (χ3v) is 2.51. The fourth-order valence-corrected chi connectivity index (χ4v) is 1.62. The second-order valence-corrected chi connectivity index (χ2v) is 4.21. The first-order chi connectivity index (χ1) is 9.35. The zero-order valence-corrected chi connectivity index (χ0v) is 11.1. The van der Waals surface area contributed by atoms with Gasteiger partial charge >= 0.3 is 5.97 Å². The van der Waals surface area contributed by atoms with E-state index in [4.69, 9.17) is 16.7 Å². The quantitative estimate of drug-likeness (QED) is 0.599. The summed E-state index contributed by atoms with van der Waals surface area (Å²) >= 11 is 5.67. The van der Waals surface area contributed by atoms with Crippen molar-refractivity contribution in [2.24, 2.45) is 0 Å². The van der Waals surface area contributed by atoms with Crippen LogP contribution in [0.4, 0.5) is 5.69 Å². The number of nitrogens with zero attached hydrogens (tertiary/aromatic N) is 1. The third kappa shape index (κ3) is 4.18. The predicted molar refractivity (Wildman–Crippen MR) is 68.9 cm³/mol. The number of carboxylic acids is 1. The van der Waals surface area contributed by atoms with E-state index in [9.17, 15) is 19.7 Å². The van der Waals surface area contributed by atoms with Crippen LogP contribution >= 0.6 is 11.6 Å². The Morgan fingerprint density at radius 1 is 1.50 bits per heavy atom.